The molecule has 0 unspecified atom stereocenters. The monoisotopic (exact) mass is 474 g/mol. The Labute approximate surface area is 192 Å². The first-order chi connectivity index (χ1) is 16.4. The van der Waals surface area contributed by atoms with E-state index in [0.717, 1.165) is 30.0 Å². The lowest BCUT2D eigenvalue weighted by atomic mass is 10.1. The maximum atomic E-state index is 12.7. The number of para-hydroxylation sites is 1. The zero-order chi connectivity index (χ0) is 23.7. The molecule has 0 radical (unpaired) electrons. The first-order valence-electron chi connectivity index (χ1n) is 10.7. The van der Waals surface area contributed by atoms with E-state index in [1.807, 2.05) is 30.3 Å². The number of aromatic nitrogens is 3. The second-order valence-electron chi connectivity index (χ2n) is 8.11. The molecule has 3 aromatic rings. The molecule has 0 aliphatic carbocycles. The Morgan fingerprint density at radius 1 is 1.06 bits per heavy atom. The molecule has 0 spiro atoms. The van der Waals surface area contributed by atoms with E-state index in [0.29, 0.717) is 12.3 Å². The van der Waals surface area contributed by atoms with Gasteiger partial charge in [-0.2, -0.15) is 13.2 Å². The van der Waals surface area contributed by atoms with E-state index in [2.05, 4.69) is 15.6 Å². The Morgan fingerprint density at radius 2 is 1.79 bits per heavy atom. The molecular formula is C23H21F3N4O4. The molecule has 2 aromatic carbocycles. The van der Waals surface area contributed by atoms with Crippen molar-refractivity contribution in [3.05, 3.63) is 77.6 Å². The summed E-state index contributed by atoms with van der Waals surface area (Å²) >= 11 is 0. The number of hydrogen-bond acceptors (Lipinski definition) is 6. The van der Waals surface area contributed by atoms with Crippen LogP contribution in [0.15, 0.2) is 60.8 Å². The van der Waals surface area contributed by atoms with Crippen LogP contribution in [0.2, 0.25) is 0 Å². The summed E-state index contributed by atoms with van der Waals surface area (Å²) in [6.07, 6.45) is -3.43. The fourth-order valence-electron chi connectivity index (χ4n) is 4.11. The molecule has 8 nitrogen and oxygen atoms in total. The highest BCUT2D eigenvalue weighted by molar-refractivity contribution is 5.94. The molecule has 4 atom stereocenters. The molecule has 11 heteroatoms. The van der Waals surface area contributed by atoms with Crippen molar-refractivity contribution in [3.8, 4) is 5.75 Å². The van der Waals surface area contributed by atoms with Crippen molar-refractivity contribution in [1.82, 2.24) is 20.3 Å². The summed E-state index contributed by atoms with van der Waals surface area (Å²) in [5.41, 5.74) is -0.0283. The number of amides is 1. The summed E-state index contributed by atoms with van der Waals surface area (Å²) in [6, 6.07) is 12.8. The van der Waals surface area contributed by atoms with Crippen LogP contribution in [0, 0.1) is 0 Å². The lowest BCUT2D eigenvalue weighted by Gasteiger charge is -2.18. The molecule has 5 rings (SSSR count). The summed E-state index contributed by atoms with van der Waals surface area (Å²) in [7, 11) is 0. The van der Waals surface area contributed by atoms with Gasteiger partial charge in [0.15, 0.2) is 0 Å². The smallest absolute Gasteiger partial charge is 0.416 e. The molecule has 2 saturated heterocycles. The van der Waals surface area contributed by atoms with Gasteiger partial charge in [-0.15, -0.1) is 5.10 Å². The third-order valence-electron chi connectivity index (χ3n) is 5.85. The maximum absolute atomic E-state index is 12.7. The second-order valence-corrected chi connectivity index (χ2v) is 8.11. The van der Waals surface area contributed by atoms with Gasteiger partial charge in [0.2, 0.25) is 0 Å². The molecule has 178 valence electrons. The molecule has 0 bridgehead atoms. The molecule has 1 N–H and O–H groups in total. The minimum Gasteiger partial charge on any atom is -0.487 e. The van der Waals surface area contributed by atoms with Crippen LogP contribution in [-0.4, -0.2) is 52.4 Å². The lowest BCUT2D eigenvalue weighted by molar-refractivity contribution is -0.137. The van der Waals surface area contributed by atoms with Gasteiger partial charge in [-0.3, -0.25) is 4.79 Å². The quantitative estimate of drug-likeness (QED) is 0.591. The van der Waals surface area contributed by atoms with Crippen molar-refractivity contribution in [1.29, 1.82) is 0 Å². The van der Waals surface area contributed by atoms with Gasteiger partial charge in [0, 0.05) is 5.56 Å². The zero-order valence-corrected chi connectivity index (χ0v) is 17.8. The Balaban J connectivity index is 1.18. The minimum absolute atomic E-state index is 0.130. The van der Waals surface area contributed by atoms with Crippen molar-refractivity contribution >= 4 is 5.91 Å². The van der Waals surface area contributed by atoms with E-state index in [9.17, 15) is 18.0 Å². The number of hydrogen-bond donors (Lipinski definition) is 1. The van der Waals surface area contributed by atoms with E-state index < -0.39 is 29.8 Å². The van der Waals surface area contributed by atoms with Crippen molar-refractivity contribution < 1.29 is 32.2 Å². The normalized spacial score (nSPS) is 24.1. The van der Waals surface area contributed by atoms with Crippen molar-refractivity contribution in [2.45, 2.75) is 37.1 Å². The number of carbonyl (C=O) groups excluding carboxylic acids is 1. The van der Waals surface area contributed by atoms with Crippen LogP contribution in [0.5, 0.6) is 5.75 Å². The average Bonchev–Trinajstić information content (AvgIpc) is 3.55. The molecular weight excluding hydrogens is 453 g/mol. The van der Waals surface area contributed by atoms with Gasteiger partial charge >= 0.3 is 6.18 Å². The Kier molecular flexibility index (Phi) is 5.96. The molecule has 1 amide bonds. The fraction of sp³-hybridized carbons (Fsp3) is 0.348. The molecule has 0 saturated carbocycles. The van der Waals surface area contributed by atoms with Gasteiger partial charge in [0.25, 0.3) is 5.91 Å². The van der Waals surface area contributed by atoms with E-state index in [1.165, 1.54) is 0 Å². The first-order valence-corrected chi connectivity index (χ1v) is 10.7. The summed E-state index contributed by atoms with van der Waals surface area (Å²) < 4.78 is 57.4. The number of fused-ring (bicyclic) bond motifs is 1. The van der Waals surface area contributed by atoms with Crippen molar-refractivity contribution in [2.75, 3.05) is 13.2 Å². The third kappa shape index (κ3) is 4.62. The Morgan fingerprint density at radius 3 is 2.53 bits per heavy atom. The number of halogens is 3. The number of ether oxygens (including phenoxy) is 3. The van der Waals surface area contributed by atoms with Crippen LogP contribution in [0.25, 0.3) is 0 Å². The van der Waals surface area contributed by atoms with Crippen LogP contribution < -0.4 is 10.1 Å². The van der Waals surface area contributed by atoms with Gasteiger partial charge in [-0.05, 0) is 36.4 Å². The fourth-order valence-corrected chi connectivity index (χ4v) is 4.11. The van der Waals surface area contributed by atoms with Crippen LogP contribution in [-0.2, 0) is 22.3 Å². The summed E-state index contributed by atoms with van der Waals surface area (Å²) in [5, 5.41) is 11.1. The predicted octanol–water partition coefficient (Wildman–Crippen LogP) is 3.01. The standard InChI is InChI=1S/C23H21F3N4O4/c24-23(25,26)15-8-6-14(7-9-15)22(31)27-18-12-33-21-19(13-34-20(18)21)30-10-16(28-29-30)11-32-17-4-2-1-3-5-17/h1-10,18-21H,11-13H2,(H,27,31)/t18-,19-,20+,21+/m0/s1. The number of carbonyl (C=O) groups is 1. The Hall–Kier alpha value is -3.44. The summed E-state index contributed by atoms with van der Waals surface area (Å²) in [5.74, 6) is 0.239. The molecule has 2 aliphatic heterocycles. The van der Waals surface area contributed by atoms with E-state index in [4.69, 9.17) is 14.2 Å². The van der Waals surface area contributed by atoms with Crippen molar-refractivity contribution in [2.24, 2.45) is 0 Å². The number of nitrogens with zero attached hydrogens (tertiary/aromatic N) is 3. The van der Waals surface area contributed by atoms with Gasteiger partial charge in [-0.25, -0.2) is 4.68 Å². The minimum atomic E-state index is -4.46. The van der Waals surface area contributed by atoms with E-state index >= 15 is 0 Å². The highest BCUT2D eigenvalue weighted by Crippen LogP contribution is 2.34. The first kappa shape index (κ1) is 22.4. The largest absolute Gasteiger partial charge is 0.487 e. The number of benzene rings is 2. The molecule has 1 aromatic heterocycles. The molecule has 2 aliphatic rings. The SMILES string of the molecule is O=C(N[C@H]1CO[C@H]2[C@@H]1OC[C@@H]2n1cc(COc2ccccc2)nn1)c1ccc(C(F)(F)F)cc1. The lowest BCUT2D eigenvalue weighted by Crippen LogP contribution is -2.44. The average molecular weight is 474 g/mol. The van der Waals surface area contributed by atoms with Crippen LogP contribution in [0.4, 0.5) is 13.2 Å². The number of alkyl halides is 3. The maximum Gasteiger partial charge on any atom is 0.416 e. The molecule has 2 fully saturated rings. The van der Waals surface area contributed by atoms with Gasteiger partial charge in [0.1, 0.15) is 36.3 Å². The number of rotatable bonds is 6. The highest BCUT2D eigenvalue weighted by atomic mass is 19.4. The summed E-state index contributed by atoms with van der Waals surface area (Å²) in [6.45, 7) is 0.805. The van der Waals surface area contributed by atoms with Crippen LogP contribution in [0.1, 0.15) is 27.7 Å². The predicted molar refractivity (Wildman–Crippen MR) is 112 cm³/mol. The van der Waals surface area contributed by atoms with E-state index in [-0.39, 0.29) is 30.9 Å². The highest BCUT2D eigenvalue weighted by Gasteiger charge is 2.49. The van der Waals surface area contributed by atoms with Gasteiger partial charge in [-0.1, -0.05) is 23.4 Å². The van der Waals surface area contributed by atoms with Crippen LogP contribution in [0.3, 0.4) is 0 Å². The molecule has 3 heterocycles. The van der Waals surface area contributed by atoms with E-state index in [1.54, 1.807) is 10.9 Å². The zero-order valence-electron chi connectivity index (χ0n) is 17.8. The third-order valence-corrected chi connectivity index (χ3v) is 5.85. The molecule has 34 heavy (non-hydrogen) atoms. The van der Waals surface area contributed by atoms with Gasteiger partial charge < -0.3 is 19.5 Å². The van der Waals surface area contributed by atoms with Crippen molar-refractivity contribution in [3.63, 3.8) is 0 Å². The topological polar surface area (TPSA) is 87.5 Å². The number of nitrogens with one attached hydrogen (secondary N) is 1. The Bertz CT molecular complexity index is 1140. The van der Waals surface area contributed by atoms with Gasteiger partial charge in [0.05, 0.1) is 31.0 Å². The second kappa shape index (κ2) is 9.07. The summed E-state index contributed by atoms with van der Waals surface area (Å²) in [4.78, 5) is 12.5. The van der Waals surface area contributed by atoms with Crippen LogP contribution >= 0.6 is 0 Å².